The van der Waals surface area contributed by atoms with Crippen molar-refractivity contribution in [2.24, 2.45) is 23.7 Å². The van der Waals surface area contributed by atoms with E-state index in [-0.39, 0.29) is 0 Å². The van der Waals surface area contributed by atoms with Gasteiger partial charge in [-0.15, -0.1) is 0 Å². The van der Waals surface area contributed by atoms with Crippen molar-refractivity contribution in [1.29, 1.82) is 0 Å². The number of hydrogen-bond acceptors (Lipinski definition) is 2. The predicted molar refractivity (Wildman–Crippen MR) is 84.1 cm³/mol. The van der Waals surface area contributed by atoms with Crippen LogP contribution in [0.25, 0.3) is 0 Å². The van der Waals surface area contributed by atoms with Crippen molar-refractivity contribution >= 4 is 14.1 Å². The highest BCUT2D eigenvalue weighted by Crippen LogP contribution is 2.63. The zero-order valence-corrected chi connectivity index (χ0v) is 14.8. The molecular formula is C17H30O2Si. The van der Waals surface area contributed by atoms with E-state index in [0.29, 0.717) is 52.2 Å². The lowest BCUT2D eigenvalue weighted by molar-refractivity contribution is -0.124. The van der Waals surface area contributed by atoms with E-state index in [2.05, 4.69) is 41.5 Å². The monoisotopic (exact) mass is 294 g/mol. The second-order valence-corrected chi connectivity index (χ2v) is 13.7. The van der Waals surface area contributed by atoms with Gasteiger partial charge in [-0.25, -0.2) is 0 Å². The maximum absolute atomic E-state index is 12.1. The van der Waals surface area contributed by atoms with Gasteiger partial charge in [0, 0.05) is 11.8 Å². The summed E-state index contributed by atoms with van der Waals surface area (Å²) in [6.07, 6.45) is 2.69. The predicted octanol–water partition coefficient (Wildman–Crippen LogP) is 4.40. The van der Waals surface area contributed by atoms with Crippen molar-refractivity contribution in [3.05, 3.63) is 0 Å². The lowest BCUT2D eigenvalue weighted by Gasteiger charge is -2.45. The summed E-state index contributed by atoms with van der Waals surface area (Å²) in [6.45, 7) is 14.1. The first-order valence-electron chi connectivity index (χ1n) is 8.52. The molecule has 4 fully saturated rings. The molecule has 0 saturated heterocycles. The molecule has 4 bridgehead atoms. The van der Waals surface area contributed by atoms with Gasteiger partial charge in [-0.3, -0.25) is 4.79 Å². The maximum Gasteiger partial charge on any atom is 0.200 e. The number of carbonyl (C=O) groups excluding carboxylic acids is 1. The molecule has 114 valence electrons. The van der Waals surface area contributed by atoms with Gasteiger partial charge >= 0.3 is 0 Å². The van der Waals surface area contributed by atoms with Gasteiger partial charge in [-0.2, -0.15) is 0 Å². The maximum atomic E-state index is 12.1. The van der Waals surface area contributed by atoms with Crippen LogP contribution in [0.1, 0.15) is 54.4 Å². The first-order chi connectivity index (χ1) is 9.30. The lowest BCUT2D eigenvalue weighted by Crippen LogP contribution is -2.51. The van der Waals surface area contributed by atoms with Crippen LogP contribution in [0.3, 0.4) is 0 Å². The standard InChI is InChI=1S/C17H30O2Si/c1-9(2)20(10(3)4,11(5)6)19-17-14-7-12-15(17)8-13(14)16(12)18/h9-15,17H,7-8H2,1-6H3. The Labute approximate surface area is 124 Å². The molecule has 20 heavy (non-hydrogen) atoms. The minimum atomic E-state index is -1.78. The number of ketones is 1. The summed E-state index contributed by atoms with van der Waals surface area (Å²) in [5.41, 5.74) is 1.94. The van der Waals surface area contributed by atoms with Crippen LogP contribution in [0.4, 0.5) is 0 Å². The van der Waals surface area contributed by atoms with Crippen LogP contribution in [-0.4, -0.2) is 20.2 Å². The summed E-state index contributed by atoms with van der Waals surface area (Å²) < 4.78 is 7.01. The first-order valence-corrected chi connectivity index (χ1v) is 10.7. The molecule has 0 amide bonds. The van der Waals surface area contributed by atoms with E-state index in [1.807, 2.05) is 0 Å². The molecule has 4 saturated carbocycles. The van der Waals surface area contributed by atoms with Crippen LogP contribution in [0, 0.1) is 23.7 Å². The van der Waals surface area contributed by atoms with E-state index in [0.717, 1.165) is 12.8 Å². The van der Waals surface area contributed by atoms with Gasteiger partial charge < -0.3 is 4.43 Å². The summed E-state index contributed by atoms with van der Waals surface area (Å²) in [5.74, 6) is 2.45. The molecule has 4 rings (SSSR count). The topological polar surface area (TPSA) is 26.3 Å². The normalized spacial score (nSPS) is 39.2. The molecule has 3 heteroatoms. The second kappa shape index (κ2) is 4.67. The fourth-order valence-electron chi connectivity index (χ4n) is 6.06. The number of hydrogen-bond donors (Lipinski definition) is 0. The fourth-order valence-corrected chi connectivity index (χ4v) is 11.7. The van der Waals surface area contributed by atoms with Gasteiger partial charge in [0.05, 0.1) is 6.10 Å². The third-order valence-corrected chi connectivity index (χ3v) is 12.8. The van der Waals surface area contributed by atoms with Crippen molar-refractivity contribution in [2.75, 3.05) is 0 Å². The fraction of sp³-hybridized carbons (Fsp3) is 0.941. The molecule has 0 radical (unpaired) electrons. The highest BCUT2D eigenvalue weighted by molar-refractivity contribution is 6.77. The molecule has 2 nitrogen and oxygen atoms in total. The molecule has 0 aromatic carbocycles. The molecular weight excluding hydrogens is 264 g/mol. The smallest absolute Gasteiger partial charge is 0.200 e. The van der Waals surface area contributed by atoms with Gasteiger partial charge in [0.15, 0.2) is 0 Å². The van der Waals surface area contributed by atoms with Crippen molar-refractivity contribution in [3.63, 3.8) is 0 Å². The van der Waals surface area contributed by atoms with Crippen molar-refractivity contribution in [1.82, 2.24) is 0 Å². The van der Waals surface area contributed by atoms with Crippen LogP contribution in [0.5, 0.6) is 0 Å². The largest absolute Gasteiger partial charge is 0.413 e. The van der Waals surface area contributed by atoms with Crippen LogP contribution >= 0.6 is 0 Å². The SMILES string of the molecule is CC(C)[Si](OC1C2CC3C(=O)C2CC31)(C(C)C)C(C)C. The average Bonchev–Trinajstić information content (AvgIpc) is 3.02. The Hall–Kier alpha value is -0.153. The Morgan fingerprint density at radius 1 is 0.900 bits per heavy atom. The van der Waals surface area contributed by atoms with Crippen molar-refractivity contribution in [3.8, 4) is 0 Å². The minimum Gasteiger partial charge on any atom is -0.413 e. The van der Waals surface area contributed by atoms with Gasteiger partial charge in [0.2, 0.25) is 8.32 Å². The zero-order chi connectivity index (χ0) is 14.8. The van der Waals surface area contributed by atoms with Crippen LogP contribution in [0.2, 0.25) is 16.6 Å². The van der Waals surface area contributed by atoms with E-state index in [1.54, 1.807) is 0 Å². The number of Topliss-reactive ketones (excluding diaryl/α,β-unsaturated/α-hetero) is 1. The summed E-state index contributed by atoms with van der Waals surface area (Å²) in [7, 11) is -1.78. The zero-order valence-electron chi connectivity index (χ0n) is 13.8. The molecule has 0 heterocycles. The van der Waals surface area contributed by atoms with Crippen LogP contribution in [0.15, 0.2) is 0 Å². The summed E-state index contributed by atoms with van der Waals surface area (Å²) in [6, 6.07) is 0. The highest BCUT2D eigenvalue weighted by atomic mass is 28.4. The second-order valence-electron chi connectivity index (χ2n) is 8.31. The van der Waals surface area contributed by atoms with Gasteiger partial charge in [-0.1, -0.05) is 41.5 Å². The number of carbonyl (C=O) groups is 1. The Bertz CT molecular complexity index is 373. The summed E-state index contributed by atoms with van der Waals surface area (Å²) >= 11 is 0. The van der Waals surface area contributed by atoms with E-state index in [4.69, 9.17) is 4.43 Å². The quantitative estimate of drug-likeness (QED) is 0.702. The Kier molecular flexibility index (Phi) is 3.45. The minimum absolute atomic E-state index is 0.369. The Morgan fingerprint density at radius 3 is 1.60 bits per heavy atom. The van der Waals surface area contributed by atoms with Gasteiger partial charge in [-0.05, 0) is 41.3 Å². The Morgan fingerprint density at radius 2 is 1.30 bits per heavy atom. The molecule has 0 N–H and O–H groups in total. The molecule has 4 aliphatic carbocycles. The lowest BCUT2D eigenvalue weighted by atomic mass is 9.97. The van der Waals surface area contributed by atoms with Crippen LogP contribution < -0.4 is 0 Å². The third kappa shape index (κ3) is 1.68. The molecule has 0 aliphatic heterocycles. The number of rotatable bonds is 5. The average molecular weight is 295 g/mol. The summed E-state index contributed by atoms with van der Waals surface area (Å²) in [5, 5.41) is 0. The molecule has 0 aromatic heterocycles. The Balaban J connectivity index is 1.85. The molecule has 0 spiro atoms. The van der Waals surface area contributed by atoms with Crippen molar-refractivity contribution < 1.29 is 9.22 Å². The van der Waals surface area contributed by atoms with E-state index >= 15 is 0 Å². The highest BCUT2D eigenvalue weighted by Gasteiger charge is 2.66. The van der Waals surface area contributed by atoms with Gasteiger partial charge in [0.25, 0.3) is 0 Å². The molecule has 0 aromatic rings. The van der Waals surface area contributed by atoms with E-state index in [9.17, 15) is 4.79 Å². The van der Waals surface area contributed by atoms with E-state index < -0.39 is 8.32 Å². The summed E-state index contributed by atoms with van der Waals surface area (Å²) in [4.78, 5) is 12.1. The molecule has 4 atom stereocenters. The molecule has 4 aliphatic rings. The molecule has 4 unspecified atom stereocenters. The van der Waals surface area contributed by atoms with Gasteiger partial charge in [0.1, 0.15) is 5.78 Å². The first kappa shape index (κ1) is 14.8. The van der Waals surface area contributed by atoms with Crippen molar-refractivity contribution in [2.45, 2.75) is 77.1 Å². The third-order valence-electron chi connectivity index (χ3n) is 6.71. The van der Waals surface area contributed by atoms with Crippen LogP contribution in [-0.2, 0) is 9.22 Å². The van der Waals surface area contributed by atoms with E-state index in [1.165, 1.54) is 0 Å².